The smallest absolute Gasteiger partial charge is 0.241 e. The zero-order chi connectivity index (χ0) is 15.6. The first-order valence-corrected chi connectivity index (χ1v) is 7.48. The van der Waals surface area contributed by atoms with Crippen LogP contribution in [0.3, 0.4) is 0 Å². The Hall–Kier alpha value is -1.69. The van der Waals surface area contributed by atoms with E-state index in [-0.39, 0.29) is 18.4 Å². The molecule has 0 spiro atoms. The summed E-state index contributed by atoms with van der Waals surface area (Å²) in [5.74, 6) is -1.85. The van der Waals surface area contributed by atoms with Crippen molar-refractivity contribution >= 4 is 29.1 Å². The van der Waals surface area contributed by atoms with E-state index < -0.39 is 23.5 Å². The molecule has 0 saturated carbocycles. The first kappa shape index (κ1) is 13.9. The number of aryl methyl sites for hydroxylation is 1. The molecule has 0 unspecified atom stereocenters. The molecule has 2 saturated heterocycles. The van der Waals surface area contributed by atoms with Gasteiger partial charge in [-0.05, 0) is 24.6 Å². The maximum Gasteiger partial charge on any atom is 0.241 e. The van der Waals surface area contributed by atoms with Gasteiger partial charge >= 0.3 is 0 Å². The second kappa shape index (κ2) is 4.41. The maximum absolute atomic E-state index is 12.9. The molecule has 1 N–H and O–H groups in total. The summed E-state index contributed by atoms with van der Waals surface area (Å²) < 4.78 is 5.70. The Morgan fingerprint density at radius 1 is 1.36 bits per heavy atom. The van der Waals surface area contributed by atoms with E-state index in [0.29, 0.717) is 10.7 Å². The molecule has 3 aliphatic heterocycles. The van der Waals surface area contributed by atoms with E-state index in [0.717, 1.165) is 5.56 Å². The van der Waals surface area contributed by atoms with E-state index in [1.165, 1.54) is 4.90 Å². The summed E-state index contributed by atoms with van der Waals surface area (Å²) in [5.41, 5.74) is 0.235. The number of hydrogen-bond acceptors (Lipinski definition) is 4. The van der Waals surface area contributed by atoms with Crippen LogP contribution in [0.1, 0.15) is 5.56 Å². The molecule has 6 heteroatoms. The van der Waals surface area contributed by atoms with Crippen molar-refractivity contribution in [3.8, 4) is 0 Å². The summed E-state index contributed by atoms with van der Waals surface area (Å²) in [6.45, 7) is 1.51. The summed E-state index contributed by atoms with van der Waals surface area (Å²) in [4.78, 5) is 26.8. The minimum absolute atomic E-state index is 0.287. The molecule has 4 rings (SSSR count). The third kappa shape index (κ3) is 1.56. The molecule has 5 nitrogen and oxygen atoms in total. The van der Waals surface area contributed by atoms with Crippen LogP contribution >= 0.6 is 11.6 Å². The van der Waals surface area contributed by atoms with Gasteiger partial charge in [0.2, 0.25) is 11.8 Å². The Bertz CT molecular complexity index is 731. The number of nitrogens with zero attached hydrogens (tertiary/aromatic N) is 1. The van der Waals surface area contributed by atoms with Crippen molar-refractivity contribution < 1.29 is 19.4 Å². The number of aliphatic hydroxyl groups excluding tert-OH is 1. The zero-order valence-electron chi connectivity index (χ0n) is 11.8. The van der Waals surface area contributed by atoms with Crippen LogP contribution in [0.2, 0.25) is 5.02 Å². The van der Waals surface area contributed by atoms with E-state index in [2.05, 4.69) is 0 Å². The Kier molecular flexibility index (Phi) is 2.79. The van der Waals surface area contributed by atoms with Crippen molar-refractivity contribution in [2.45, 2.75) is 18.6 Å². The highest BCUT2D eigenvalue weighted by atomic mass is 35.5. The summed E-state index contributed by atoms with van der Waals surface area (Å²) in [6.07, 6.45) is 3.02. The lowest BCUT2D eigenvalue weighted by Crippen LogP contribution is -2.43. The van der Waals surface area contributed by atoms with Gasteiger partial charge in [0.1, 0.15) is 5.60 Å². The number of imide groups is 1. The van der Waals surface area contributed by atoms with Gasteiger partial charge in [0.25, 0.3) is 0 Å². The fourth-order valence-corrected chi connectivity index (χ4v) is 3.91. The maximum atomic E-state index is 12.9. The Balaban J connectivity index is 1.81. The highest BCUT2D eigenvalue weighted by Gasteiger charge is 2.67. The minimum Gasteiger partial charge on any atom is -0.393 e. The van der Waals surface area contributed by atoms with Crippen LogP contribution in [0.4, 0.5) is 5.69 Å². The van der Waals surface area contributed by atoms with Gasteiger partial charge in [-0.1, -0.05) is 29.8 Å². The van der Waals surface area contributed by atoms with Crippen LogP contribution in [0.25, 0.3) is 0 Å². The highest BCUT2D eigenvalue weighted by Crippen LogP contribution is 2.52. The molecule has 3 heterocycles. The van der Waals surface area contributed by atoms with Gasteiger partial charge < -0.3 is 9.84 Å². The van der Waals surface area contributed by atoms with Gasteiger partial charge in [-0.25, -0.2) is 4.90 Å². The molecule has 2 fully saturated rings. The molecule has 1 aromatic rings. The summed E-state index contributed by atoms with van der Waals surface area (Å²) in [7, 11) is 0. The first-order valence-electron chi connectivity index (χ1n) is 7.10. The van der Waals surface area contributed by atoms with Crippen LogP contribution < -0.4 is 4.90 Å². The third-order valence-electron chi connectivity index (χ3n) is 4.81. The normalized spacial score (nSPS) is 35.6. The van der Waals surface area contributed by atoms with Gasteiger partial charge in [0.05, 0.1) is 30.2 Å². The van der Waals surface area contributed by atoms with Crippen molar-refractivity contribution in [3.05, 3.63) is 40.9 Å². The standard InChI is InChI=1S/C16H14ClNO4/c1-8-2-3-9(17)6-10(8)18-14(20)12-11-4-5-16(7-19,22-11)13(12)15(18)21/h2-6,11-13,19H,7H2,1H3/t11-,12+,13-,16+/m1/s1. The second-order valence-corrected chi connectivity index (χ2v) is 6.44. The summed E-state index contributed by atoms with van der Waals surface area (Å²) >= 11 is 6.01. The molecule has 4 atom stereocenters. The van der Waals surface area contributed by atoms with Gasteiger partial charge in [0, 0.05) is 5.02 Å². The number of rotatable bonds is 2. The quantitative estimate of drug-likeness (QED) is 0.662. The molecular weight excluding hydrogens is 306 g/mol. The molecular formula is C16H14ClNO4. The lowest BCUT2D eigenvalue weighted by Gasteiger charge is -2.26. The van der Waals surface area contributed by atoms with Crippen molar-refractivity contribution in [3.63, 3.8) is 0 Å². The van der Waals surface area contributed by atoms with Crippen LogP contribution in [0, 0.1) is 18.8 Å². The Morgan fingerprint density at radius 3 is 2.86 bits per heavy atom. The van der Waals surface area contributed by atoms with Crippen LogP contribution in [0.15, 0.2) is 30.4 Å². The number of carbonyl (C=O) groups is 2. The van der Waals surface area contributed by atoms with Crippen LogP contribution in [-0.2, 0) is 14.3 Å². The molecule has 0 radical (unpaired) electrons. The van der Waals surface area contributed by atoms with Crippen LogP contribution in [0.5, 0.6) is 0 Å². The average molecular weight is 320 g/mol. The lowest BCUT2D eigenvalue weighted by atomic mass is 9.77. The molecule has 3 aliphatic rings. The monoisotopic (exact) mass is 319 g/mol. The minimum atomic E-state index is -1.07. The Morgan fingerprint density at radius 2 is 2.14 bits per heavy atom. The highest BCUT2D eigenvalue weighted by molar-refractivity contribution is 6.31. The average Bonchev–Trinajstić information content (AvgIpc) is 3.14. The SMILES string of the molecule is Cc1ccc(Cl)cc1N1C(=O)[C@H]2[C@H]3C=C[C@@](CO)(O3)[C@H]2C1=O. The van der Waals surface area contributed by atoms with Gasteiger partial charge in [-0.3, -0.25) is 9.59 Å². The van der Waals surface area contributed by atoms with E-state index in [9.17, 15) is 14.7 Å². The fourth-order valence-electron chi connectivity index (χ4n) is 3.74. The van der Waals surface area contributed by atoms with Crippen LogP contribution in [-0.4, -0.2) is 35.2 Å². The topological polar surface area (TPSA) is 66.8 Å². The molecule has 114 valence electrons. The number of fused-ring (bicyclic) bond motifs is 5. The summed E-state index contributed by atoms with van der Waals surface area (Å²) in [5, 5.41) is 10.1. The van der Waals surface area contributed by atoms with Gasteiger partial charge in [-0.2, -0.15) is 0 Å². The lowest BCUT2D eigenvalue weighted by molar-refractivity contribution is -0.128. The number of carbonyl (C=O) groups excluding carboxylic acids is 2. The number of halogens is 1. The molecule has 1 aromatic carbocycles. The molecule has 22 heavy (non-hydrogen) atoms. The largest absolute Gasteiger partial charge is 0.393 e. The number of anilines is 1. The predicted octanol–water partition coefficient (Wildman–Crippen LogP) is 1.45. The van der Waals surface area contributed by atoms with Gasteiger partial charge in [-0.15, -0.1) is 0 Å². The molecule has 2 bridgehead atoms. The third-order valence-corrected chi connectivity index (χ3v) is 5.05. The van der Waals surface area contributed by atoms with E-state index in [1.54, 1.807) is 30.4 Å². The molecule has 0 aromatic heterocycles. The number of ether oxygens (including phenoxy) is 1. The Labute approximate surface area is 132 Å². The van der Waals surface area contributed by atoms with Gasteiger partial charge in [0.15, 0.2) is 0 Å². The molecule has 2 amide bonds. The van der Waals surface area contributed by atoms with Crippen molar-refractivity contribution in [1.82, 2.24) is 0 Å². The number of amides is 2. The number of hydrogen-bond donors (Lipinski definition) is 1. The number of aliphatic hydroxyl groups is 1. The van der Waals surface area contributed by atoms with Crippen molar-refractivity contribution in [1.29, 1.82) is 0 Å². The molecule has 0 aliphatic carbocycles. The van der Waals surface area contributed by atoms with E-state index in [4.69, 9.17) is 16.3 Å². The zero-order valence-corrected chi connectivity index (χ0v) is 12.6. The summed E-state index contributed by atoms with van der Waals surface area (Å²) in [6, 6.07) is 5.11. The van der Waals surface area contributed by atoms with Crippen molar-refractivity contribution in [2.24, 2.45) is 11.8 Å². The van der Waals surface area contributed by atoms with Crippen molar-refractivity contribution in [2.75, 3.05) is 11.5 Å². The predicted molar refractivity (Wildman–Crippen MR) is 79.5 cm³/mol. The number of benzene rings is 1. The fraction of sp³-hybridized carbons (Fsp3) is 0.375. The first-order chi connectivity index (χ1) is 10.5. The van der Waals surface area contributed by atoms with E-state index >= 15 is 0 Å². The second-order valence-electron chi connectivity index (χ2n) is 6.00. The van der Waals surface area contributed by atoms with E-state index in [1.807, 2.05) is 6.92 Å².